The number of hydrogen-bond donors (Lipinski definition) is 0. The van der Waals surface area contributed by atoms with Crippen molar-refractivity contribution in [1.29, 1.82) is 0 Å². The first kappa shape index (κ1) is 15.9. The van der Waals surface area contributed by atoms with E-state index in [-0.39, 0.29) is 11.8 Å². The van der Waals surface area contributed by atoms with E-state index in [0.29, 0.717) is 29.6 Å². The molecule has 0 spiro atoms. The highest BCUT2D eigenvalue weighted by Crippen LogP contribution is 2.51. The number of ketones is 1. The molecule has 3 nitrogen and oxygen atoms in total. The van der Waals surface area contributed by atoms with Gasteiger partial charge in [-0.25, -0.2) is 0 Å². The smallest absolute Gasteiger partial charge is 0.254 e. The maximum Gasteiger partial charge on any atom is 0.254 e. The van der Waals surface area contributed by atoms with Crippen molar-refractivity contribution in [2.45, 2.75) is 51.5 Å². The Morgan fingerprint density at radius 1 is 1.17 bits per heavy atom. The summed E-state index contributed by atoms with van der Waals surface area (Å²) in [5.41, 5.74) is 0.803. The molecule has 0 aromatic heterocycles. The molecule has 0 bridgehead atoms. The van der Waals surface area contributed by atoms with Crippen molar-refractivity contribution in [2.75, 3.05) is 6.54 Å². The molecule has 128 valence electrons. The fraction of sp³-hybridized carbons (Fsp3) is 0.619. The van der Waals surface area contributed by atoms with Crippen LogP contribution in [0.1, 0.15) is 55.8 Å². The van der Waals surface area contributed by atoms with E-state index < -0.39 is 0 Å². The van der Waals surface area contributed by atoms with E-state index in [0.717, 1.165) is 44.2 Å². The summed E-state index contributed by atoms with van der Waals surface area (Å²) in [6.07, 6.45) is 6.16. The lowest BCUT2D eigenvalue weighted by Gasteiger charge is -2.55. The van der Waals surface area contributed by atoms with Crippen LogP contribution in [0.15, 0.2) is 30.3 Å². The second-order valence-corrected chi connectivity index (χ2v) is 7.84. The van der Waals surface area contributed by atoms with Gasteiger partial charge >= 0.3 is 0 Å². The van der Waals surface area contributed by atoms with Gasteiger partial charge in [0.15, 0.2) is 0 Å². The second-order valence-electron chi connectivity index (χ2n) is 7.84. The predicted octanol–water partition coefficient (Wildman–Crippen LogP) is 3.93. The van der Waals surface area contributed by atoms with E-state index in [9.17, 15) is 9.59 Å². The summed E-state index contributed by atoms with van der Waals surface area (Å²) in [5.74, 6) is 2.47. The molecule has 0 N–H and O–H groups in total. The SMILES string of the molecule is CC[C@@H]1C(=O)C[C@H]2CCN(C(=O)c3ccccc3)[C@H]3CCC[C@@H]1[C@H]23. The molecule has 4 rings (SSSR count). The van der Waals surface area contributed by atoms with Gasteiger partial charge in [-0.15, -0.1) is 0 Å². The van der Waals surface area contributed by atoms with Crippen LogP contribution in [0.3, 0.4) is 0 Å². The highest BCUT2D eigenvalue weighted by Gasteiger charge is 2.52. The molecule has 0 unspecified atom stereocenters. The summed E-state index contributed by atoms with van der Waals surface area (Å²) >= 11 is 0. The third-order valence-corrected chi connectivity index (χ3v) is 6.78. The van der Waals surface area contributed by atoms with Gasteiger partial charge in [0, 0.05) is 30.5 Å². The Bertz CT molecular complexity index is 626. The van der Waals surface area contributed by atoms with Crippen LogP contribution in [0.25, 0.3) is 0 Å². The van der Waals surface area contributed by atoms with Gasteiger partial charge < -0.3 is 4.90 Å². The van der Waals surface area contributed by atoms with E-state index in [4.69, 9.17) is 0 Å². The van der Waals surface area contributed by atoms with E-state index in [1.165, 1.54) is 6.42 Å². The molecular weight excluding hydrogens is 298 g/mol. The standard InChI is InChI=1S/C21H27NO2/c1-2-16-17-9-6-10-18-20(17)15(13-19(16)23)11-12-22(18)21(24)14-7-4-3-5-8-14/h3-5,7-8,15-18,20H,2,6,9-13H2,1H3/t15-,16+,17+,18+,20+/m1/s1. The molecule has 3 heteroatoms. The first-order valence-electron chi connectivity index (χ1n) is 9.59. The lowest BCUT2D eigenvalue weighted by atomic mass is 9.56. The largest absolute Gasteiger partial charge is 0.335 e. The van der Waals surface area contributed by atoms with E-state index in [1.54, 1.807) is 0 Å². The second kappa shape index (κ2) is 6.34. The molecule has 1 aromatic carbocycles. The summed E-state index contributed by atoms with van der Waals surface area (Å²) in [5, 5.41) is 0. The number of amides is 1. The van der Waals surface area contributed by atoms with Crippen LogP contribution in [0.5, 0.6) is 0 Å². The van der Waals surface area contributed by atoms with Crippen molar-refractivity contribution in [2.24, 2.45) is 23.7 Å². The minimum absolute atomic E-state index is 0.185. The topological polar surface area (TPSA) is 37.4 Å². The van der Waals surface area contributed by atoms with Crippen molar-refractivity contribution in [1.82, 2.24) is 4.90 Å². The Morgan fingerprint density at radius 3 is 2.71 bits per heavy atom. The Kier molecular flexibility index (Phi) is 4.19. The lowest BCUT2D eigenvalue weighted by molar-refractivity contribution is -0.137. The summed E-state index contributed by atoms with van der Waals surface area (Å²) < 4.78 is 0. The van der Waals surface area contributed by atoms with Gasteiger partial charge in [-0.1, -0.05) is 31.5 Å². The molecule has 1 amide bonds. The molecule has 1 aromatic rings. The molecule has 2 saturated carbocycles. The molecule has 3 aliphatic rings. The number of carbonyl (C=O) groups excluding carboxylic acids is 2. The first-order valence-corrected chi connectivity index (χ1v) is 9.59. The molecule has 0 radical (unpaired) electrons. The number of Topliss-reactive ketones (excluding diaryl/α,β-unsaturated/α-hetero) is 1. The number of hydrogen-bond acceptors (Lipinski definition) is 2. The predicted molar refractivity (Wildman–Crippen MR) is 93.6 cm³/mol. The average molecular weight is 325 g/mol. The zero-order valence-corrected chi connectivity index (χ0v) is 14.5. The van der Waals surface area contributed by atoms with Gasteiger partial charge in [0.2, 0.25) is 0 Å². The summed E-state index contributed by atoms with van der Waals surface area (Å²) in [4.78, 5) is 27.7. The van der Waals surface area contributed by atoms with Crippen LogP contribution in [0.4, 0.5) is 0 Å². The van der Waals surface area contributed by atoms with Crippen molar-refractivity contribution in [3.8, 4) is 0 Å². The van der Waals surface area contributed by atoms with Crippen LogP contribution in [-0.4, -0.2) is 29.2 Å². The van der Waals surface area contributed by atoms with Crippen molar-refractivity contribution >= 4 is 11.7 Å². The van der Waals surface area contributed by atoms with Crippen LogP contribution in [0.2, 0.25) is 0 Å². The van der Waals surface area contributed by atoms with Crippen LogP contribution < -0.4 is 0 Å². The maximum absolute atomic E-state index is 13.0. The Morgan fingerprint density at radius 2 is 1.96 bits per heavy atom. The molecule has 1 saturated heterocycles. The van der Waals surface area contributed by atoms with Crippen molar-refractivity contribution < 1.29 is 9.59 Å². The van der Waals surface area contributed by atoms with Crippen LogP contribution in [-0.2, 0) is 4.79 Å². The number of likely N-dealkylation sites (tertiary alicyclic amines) is 1. The number of benzene rings is 1. The normalized spacial score (nSPS) is 35.5. The van der Waals surface area contributed by atoms with E-state index >= 15 is 0 Å². The number of rotatable bonds is 2. The number of nitrogens with zero attached hydrogens (tertiary/aromatic N) is 1. The lowest BCUT2D eigenvalue weighted by Crippen LogP contribution is -2.59. The van der Waals surface area contributed by atoms with Gasteiger partial charge in [0.05, 0.1) is 0 Å². The summed E-state index contributed by atoms with van der Waals surface area (Å²) in [7, 11) is 0. The quantitative estimate of drug-likeness (QED) is 0.826. The Labute approximate surface area is 144 Å². The zero-order valence-electron chi connectivity index (χ0n) is 14.5. The molecule has 1 aliphatic heterocycles. The third kappa shape index (κ3) is 2.49. The van der Waals surface area contributed by atoms with Gasteiger partial charge in [-0.2, -0.15) is 0 Å². The minimum atomic E-state index is 0.185. The van der Waals surface area contributed by atoms with E-state index in [1.807, 2.05) is 30.3 Å². The van der Waals surface area contributed by atoms with Crippen LogP contribution >= 0.6 is 0 Å². The third-order valence-electron chi connectivity index (χ3n) is 6.78. The first-order chi connectivity index (χ1) is 11.7. The highest BCUT2D eigenvalue weighted by molar-refractivity contribution is 5.94. The Hall–Kier alpha value is -1.64. The molecule has 2 aliphatic carbocycles. The van der Waals surface area contributed by atoms with Crippen molar-refractivity contribution in [3.05, 3.63) is 35.9 Å². The molecular formula is C21H27NO2. The van der Waals surface area contributed by atoms with Gasteiger partial charge in [-0.3, -0.25) is 9.59 Å². The molecule has 3 fully saturated rings. The molecule has 24 heavy (non-hydrogen) atoms. The fourth-order valence-electron chi connectivity index (χ4n) is 5.81. The number of piperidine rings is 1. The average Bonchev–Trinajstić information content (AvgIpc) is 2.62. The highest BCUT2D eigenvalue weighted by atomic mass is 16.2. The van der Waals surface area contributed by atoms with Crippen LogP contribution in [0, 0.1) is 23.7 Å². The van der Waals surface area contributed by atoms with Gasteiger partial charge in [0.25, 0.3) is 5.91 Å². The molecule has 1 heterocycles. The van der Waals surface area contributed by atoms with E-state index in [2.05, 4.69) is 11.8 Å². The minimum Gasteiger partial charge on any atom is -0.335 e. The fourth-order valence-corrected chi connectivity index (χ4v) is 5.81. The summed E-state index contributed by atoms with van der Waals surface area (Å²) in [6, 6.07) is 10.0. The summed E-state index contributed by atoms with van der Waals surface area (Å²) in [6.45, 7) is 2.97. The Balaban J connectivity index is 1.63. The number of carbonyl (C=O) groups is 2. The van der Waals surface area contributed by atoms with Gasteiger partial charge in [0.1, 0.15) is 5.78 Å². The zero-order chi connectivity index (χ0) is 16.7. The maximum atomic E-state index is 13.0. The molecule has 5 atom stereocenters. The monoisotopic (exact) mass is 325 g/mol. The van der Waals surface area contributed by atoms with Crippen molar-refractivity contribution in [3.63, 3.8) is 0 Å². The van der Waals surface area contributed by atoms with Gasteiger partial charge in [-0.05, 0) is 55.6 Å².